The first kappa shape index (κ1) is 13.0. The first-order chi connectivity index (χ1) is 7.57. The van der Waals surface area contributed by atoms with Crippen molar-refractivity contribution in [2.75, 3.05) is 24.1 Å². The van der Waals surface area contributed by atoms with Crippen molar-refractivity contribution in [3.05, 3.63) is 29.8 Å². The zero-order chi connectivity index (χ0) is 12.0. The van der Waals surface area contributed by atoms with Gasteiger partial charge in [0.1, 0.15) is 0 Å². The van der Waals surface area contributed by atoms with Crippen LogP contribution in [0.15, 0.2) is 24.3 Å². The number of hydrogen-bond acceptors (Lipinski definition) is 4. The van der Waals surface area contributed by atoms with Crippen LogP contribution in [0.2, 0.25) is 0 Å². The van der Waals surface area contributed by atoms with E-state index in [2.05, 4.69) is 4.72 Å². The van der Waals surface area contributed by atoms with Gasteiger partial charge in [0.05, 0.1) is 12.4 Å². The van der Waals surface area contributed by atoms with Gasteiger partial charge in [0.25, 0.3) is 0 Å². The van der Waals surface area contributed by atoms with Crippen LogP contribution in [0.1, 0.15) is 5.56 Å². The third kappa shape index (κ3) is 4.18. The molecular formula is C10H16N2O3S. The van der Waals surface area contributed by atoms with Crippen LogP contribution < -0.4 is 10.5 Å². The van der Waals surface area contributed by atoms with E-state index >= 15 is 0 Å². The van der Waals surface area contributed by atoms with Gasteiger partial charge in [-0.2, -0.15) is 0 Å². The van der Waals surface area contributed by atoms with Crippen molar-refractivity contribution in [2.24, 2.45) is 5.73 Å². The van der Waals surface area contributed by atoms with Crippen molar-refractivity contribution >= 4 is 15.7 Å². The van der Waals surface area contributed by atoms with Crippen LogP contribution in [-0.4, -0.2) is 27.8 Å². The maximum atomic E-state index is 11.4. The Bertz CT molecular complexity index is 431. The van der Waals surface area contributed by atoms with E-state index in [-0.39, 0.29) is 12.3 Å². The van der Waals surface area contributed by atoms with Gasteiger partial charge in [0.2, 0.25) is 10.0 Å². The lowest BCUT2D eigenvalue weighted by Gasteiger charge is -2.08. The van der Waals surface area contributed by atoms with E-state index in [9.17, 15) is 8.42 Å². The van der Waals surface area contributed by atoms with Crippen LogP contribution in [0.25, 0.3) is 0 Å². The minimum Gasteiger partial charge on any atom is -0.380 e. The van der Waals surface area contributed by atoms with E-state index in [1.807, 2.05) is 6.07 Å². The summed E-state index contributed by atoms with van der Waals surface area (Å²) < 4.78 is 30.3. The summed E-state index contributed by atoms with van der Waals surface area (Å²) in [6.45, 7) is 0.555. The fourth-order valence-corrected chi connectivity index (χ4v) is 2.18. The molecule has 90 valence electrons. The number of benzene rings is 1. The molecule has 0 heterocycles. The van der Waals surface area contributed by atoms with Crippen LogP contribution in [0.5, 0.6) is 0 Å². The van der Waals surface area contributed by atoms with Crippen molar-refractivity contribution in [3.63, 3.8) is 0 Å². The van der Waals surface area contributed by atoms with Crippen molar-refractivity contribution in [1.29, 1.82) is 0 Å². The Morgan fingerprint density at radius 1 is 1.44 bits per heavy atom. The predicted octanol–water partition coefficient (Wildman–Crippen LogP) is 0.533. The topological polar surface area (TPSA) is 81.4 Å². The Hall–Kier alpha value is -1.11. The van der Waals surface area contributed by atoms with Crippen LogP contribution in [0.4, 0.5) is 5.69 Å². The maximum absolute atomic E-state index is 11.4. The summed E-state index contributed by atoms with van der Waals surface area (Å²) in [5.41, 5.74) is 6.65. The first-order valence-corrected chi connectivity index (χ1v) is 6.51. The number of nitrogens with one attached hydrogen (secondary N) is 1. The van der Waals surface area contributed by atoms with Gasteiger partial charge < -0.3 is 10.5 Å². The van der Waals surface area contributed by atoms with E-state index in [0.29, 0.717) is 12.3 Å². The molecule has 0 spiro atoms. The highest BCUT2D eigenvalue weighted by Gasteiger charge is 2.08. The van der Waals surface area contributed by atoms with E-state index in [4.69, 9.17) is 10.5 Å². The molecule has 0 aliphatic heterocycles. The summed E-state index contributed by atoms with van der Waals surface area (Å²) >= 11 is 0. The first-order valence-electron chi connectivity index (χ1n) is 4.86. The Morgan fingerprint density at radius 3 is 2.81 bits per heavy atom. The second-order valence-corrected chi connectivity index (χ2v) is 5.18. The molecule has 0 aromatic heterocycles. The summed E-state index contributed by atoms with van der Waals surface area (Å²) in [4.78, 5) is 0. The minimum absolute atomic E-state index is 0.0818. The second kappa shape index (κ2) is 5.83. The van der Waals surface area contributed by atoms with E-state index in [1.165, 1.54) is 0 Å². The number of nitrogens with two attached hydrogens (primary N) is 1. The van der Waals surface area contributed by atoms with Crippen molar-refractivity contribution in [1.82, 2.24) is 0 Å². The molecule has 6 heteroatoms. The monoisotopic (exact) mass is 244 g/mol. The Labute approximate surface area is 95.7 Å². The third-order valence-corrected chi connectivity index (χ3v) is 3.22. The summed E-state index contributed by atoms with van der Waals surface area (Å²) in [7, 11) is -1.74. The molecule has 3 N–H and O–H groups in total. The van der Waals surface area contributed by atoms with Crippen LogP contribution in [0, 0.1) is 0 Å². The number of hydrogen-bond donors (Lipinski definition) is 2. The zero-order valence-electron chi connectivity index (χ0n) is 9.14. The molecule has 0 fully saturated rings. The molecule has 0 bridgehead atoms. The van der Waals surface area contributed by atoms with E-state index < -0.39 is 10.0 Å². The van der Waals surface area contributed by atoms with Crippen LogP contribution >= 0.6 is 0 Å². The summed E-state index contributed by atoms with van der Waals surface area (Å²) in [6.07, 6.45) is 0. The number of ether oxygens (including phenoxy) is 1. The summed E-state index contributed by atoms with van der Waals surface area (Å²) in [5.74, 6) is -0.0818. The normalized spacial score (nSPS) is 11.4. The molecule has 5 nitrogen and oxygen atoms in total. The zero-order valence-corrected chi connectivity index (χ0v) is 9.96. The largest absolute Gasteiger partial charge is 0.380 e. The lowest BCUT2D eigenvalue weighted by Crippen LogP contribution is -2.22. The van der Waals surface area contributed by atoms with Gasteiger partial charge in [-0.25, -0.2) is 8.42 Å². The molecule has 0 atom stereocenters. The molecular weight excluding hydrogens is 228 g/mol. The third-order valence-electron chi connectivity index (χ3n) is 1.90. The molecule has 1 aromatic carbocycles. The van der Waals surface area contributed by atoms with Gasteiger partial charge in [-0.15, -0.1) is 0 Å². The summed E-state index contributed by atoms with van der Waals surface area (Å²) in [6, 6.07) is 7.06. The lowest BCUT2D eigenvalue weighted by molar-refractivity contribution is 0.185. The van der Waals surface area contributed by atoms with Gasteiger partial charge in [-0.3, -0.25) is 4.72 Å². The molecule has 0 saturated carbocycles. The number of sulfonamides is 1. The molecule has 0 unspecified atom stereocenters. The van der Waals surface area contributed by atoms with E-state index in [0.717, 1.165) is 5.56 Å². The molecule has 0 saturated heterocycles. The summed E-state index contributed by atoms with van der Waals surface area (Å²) in [5, 5.41) is 0. The van der Waals surface area contributed by atoms with E-state index in [1.54, 1.807) is 25.3 Å². The smallest absolute Gasteiger partial charge is 0.233 e. The van der Waals surface area contributed by atoms with Crippen molar-refractivity contribution in [3.8, 4) is 0 Å². The average Bonchev–Trinajstić information content (AvgIpc) is 2.17. The molecule has 0 aliphatic carbocycles. The molecule has 1 aromatic rings. The van der Waals surface area contributed by atoms with Gasteiger partial charge >= 0.3 is 0 Å². The number of methoxy groups -OCH3 is 1. The SMILES string of the molecule is COCc1cccc(NS(=O)(=O)CCN)c1. The highest BCUT2D eigenvalue weighted by molar-refractivity contribution is 7.92. The second-order valence-electron chi connectivity index (χ2n) is 3.34. The minimum atomic E-state index is -3.33. The van der Waals surface area contributed by atoms with Crippen LogP contribution in [0.3, 0.4) is 0 Å². The molecule has 0 amide bonds. The average molecular weight is 244 g/mol. The standard InChI is InChI=1S/C10H16N2O3S/c1-15-8-9-3-2-4-10(7-9)12-16(13,14)6-5-11/h2-4,7,12H,5-6,8,11H2,1H3. The van der Waals surface area contributed by atoms with Gasteiger partial charge in [0, 0.05) is 19.3 Å². The van der Waals surface area contributed by atoms with Crippen molar-refractivity contribution in [2.45, 2.75) is 6.61 Å². The van der Waals surface area contributed by atoms with Gasteiger partial charge in [-0.1, -0.05) is 12.1 Å². The highest BCUT2D eigenvalue weighted by atomic mass is 32.2. The lowest BCUT2D eigenvalue weighted by atomic mass is 10.2. The molecule has 0 radical (unpaired) electrons. The number of anilines is 1. The predicted molar refractivity (Wildman–Crippen MR) is 63.6 cm³/mol. The molecule has 1 rings (SSSR count). The highest BCUT2D eigenvalue weighted by Crippen LogP contribution is 2.12. The Kier molecular flexibility index (Phi) is 4.72. The maximum Gasteiger partial charge on any atom is 0.233 e. The molecule has 0 aliphatic rings. The van der Waals surface area contributed by atoms with Gasteiger partial charge in [-0.05, 0) is 17.7 Å². The quantitative estimate of drug-likeness (QED) is 0.765. The number of rotatable bonds is 6. The Balaban J connectivity index is 2.77. The fourth-order valence-electron chi connectivity index (χ4n) is 1.28. The van der Waals surface area contributed by atoms with Crippen molar-refractivity contribution < 1.29 is 13.2 Å². The van der Waals surface area contributed by atoms with Gasteiger partial charge in [0.15, 0.2) is 0 Å². The fraction of sp³-hybridized carbons (Fsp3) is 0.400. The molecule has 16 heavy (non-hydrogen) atoms. The van der Waals surface area contributed by atoms with Crippen LogP contribution in [-0.2, 0) is 21.4 Å². The Morgan fingerprint density at radius 2 is 2.19 bits per heavy atom.